The summed E-state index contributed by atoms with van der Waals surface area (Å²) < 4.78 is 2.00. The Hall–Kier alpha value is -1.81. The van der Waals surface area contributed by atoms with E-state index in [2.05, 4.69) is 18.1 Å². The number of rotatable bonds is 7. The van der Waals surface area contributed by atoms with Gasteiger partial charge >= 0.3 is 0 Å². The van der Waals surface area contributed by atoms with Crippen LogP contribution in [0.4, 0.5) is 0 Å². The van der Waals surface area contributed by atoms with Gasteiger partial charge in [0, 0.05) is 37.4 Å². The minimum Gasteiger partial charge on any atom is -0.503 e. The van der Waals surface area contributed by atoms with Crippen molar-refractivity contribution >= 4 is 0 Å². The van der Waals surface area contributed by atoms with Crippen molar-refractivity contribution in [2.75, 3.05) is 13.1 Å². The van der Waals surface area contributed by atoms with Crippen molar-refractivity contribution in [2.45, 2.75) is 33.4 Å². The average Bonchev–Trinajstić information content (AvgIpc) is 2.35. The molecule has 0 aliphatic rings. The number of aromatic hydroxyl groups is 1. The standard InChI is InChI=1S/C16H24N2O2/c1-6-8-17(9-7-2)11-14-16(20)15(19)10-13(5)18(14)12(3)4/h6-7,10,12,20H,1-2,8-9,11H2,3-5H3. The zero-order valence-electron chi connectivity index (χ0n) is 12.6. The number of pyridine rings is 1. The fraction of sp³-hybridized carbons (Fsp3) is 0.438. The van der Waals surface area contributed by atoms with Crippen LogP contribution in [0.2, 0.25) is 0 Å². The maximum Gasteiger partial charge on any atom is 0.223 e. The Labute approximate surface area is 120 Å². The molecule has 0 aliphatic carbocycles. The lowest BCUT2D eigenvalue weighted by Gasteiger charge is -2.26. The Bertz CT molecular complexity index is 534. The normalized spacial score (nSPS) is 11.1. The van der Waals surface area contributed by atoms with Gasteiger partial charge in [0.25, 0.3) is 0 Å². The summed E-state index contributed by atoms with van der Waals surface area (Å²) in [5.41, 5.74) is 1.18. The summed E-state index contributed by atoms with van der Waals surface area (Å²) in [6.45, 7) is 15.2. The van der Waals surface area contributed by atoms with Crippen molar-refractivity contribution in [1.82, 2.24) is 9.47 Å². The number of hydrogen-bond donors (Lipinski definition) is 1. The minimum atomic E-state index is -0.327. The molecule has 1 heterocycles. The molecule has 0 amide bonds. The predicted molar refractivity (Wildman–Crippen MR) is 83.2 cm³/mol. The fourth-order valence-corrected chi connectivity index (χ4v) is 2.45. The van der Waals surface area contributed by atoms with Gasteiger partial charge in [-0.15, -0.1) is 13.2 Å². The number of hydrogen-bond acceptors (Lipinski definition) is 3. The van der Waals surface area contributed by atoms with Crippen molar-refractivity contribution in [3.63, 3.8) is 0 Å². The zero-order valence-corrected chi connectivity index (χ0v) is 12.6. The van der Waals surface area contributed by atoms with Gasteiger partial charge < -0.3 is 9.67 Å². The molecule has 0 saturated heterocycles. The summed E-state index contributed by atoms with van der Waals surface area (Å²) >= 11 is 0. The highest BCUT2D eigenvalue weighted by molar-refractivity contribution is 5.30. The summed E-state index contributed by atoms with van der Waals surface area (Å²) in [7, 11) is 0. The van der Waals surface area contributed by atoms with Gasteiger partial charge in [-0.2, -0.15) is 0 Å². The van der Waals surface area contributed by atoms with Crippen molar-refractivity contribution in [3.05, 3.63) is 53.0 Å². The lowest BCUT2D eigenvalue weighted by atomic mass is 10.2. The maximum atomic E-state index is 11.8. The third kappa shape index (κ3) is 3.61. The third-order valence-corrected chi connectivity index (χ3v) is 3.18. The molecule has 1 aromatic heterocycles. The van der Waals surface area contributed by atoms with Gasteiger partial charge in [0.05, 0.1) is 5.69 Å². The maximum absolute atomic E-state index is 11.8. The van der Waals surface area contributed by atoms with Gasteiger partial charge in [-0.1, -0.05) is 12.2 Å². The molecule has 4 nitrogen and oxygen atoms in total. The Balaban J connectivity index is 3.30. The molecule has 0 saturated carbocycles. The molecule has 0 radical (unpaired) electrons. The van der Waals surface area contributed by atoms with E-state index in [1.807, 2.05) is 25.3 Å². The molecular weight excluding hydrogens is 252 g/mol. The highest BCUT2D eigenvalue weighted by Gasteiger charge is 2.17. The summed E-state index contributed by atoms with van der Waals surface area (Å²) in [6, 6.07) is 1.65. The molecule has 0 spiro atoms. The number of aromatic nitrogens is 1. The van der Waals surface area contributed by atoms with Gasteiger partial charge in [-0.3, -0.25) is 9.69 Å². The molecule has 1 N–H and O–H groups in total. The van der Waals surface area contributed by atoms with E-state index in [9.17, 15) is 9.90 Å². The smallest absolute Gasteiger partial charge is 0.223 e. The predicted octanol–water partition coefficient (Wildman–Crippen LogP) is 2.62. The van der Waals surface area contributed by atoms with Gasteiger partial charge in [0.2, 0.25) is 5.43 Å². The summed E-state index contributed by atoms with van der Waals surface area (Å²) in [5, 5.41) is 10.1. The van der Waals surface area contributed by atoms with Gasteiger partial charge in [0.1, 0.15) is 0 Å². The molecule has 0 unspecified atom stereocenters. The second kappa shape index (κ2) is 7.10. The van der Waals surface area contributed by atoms with Crippen LogP contribution < -0.4 is 5.43 Å². The topological polar surface area (TPSA) is 45.5 Å². The summed E-state index contributed by atoms with van der Waals surface area (Å²) in [5.74, 6) is -0.164. The van der Waals surface area contributed by atoms with Crippen molar-refractivity contribution in [2.24, 2.45) is 0 Å². The highest BCUT2D eigenvalue weighted by Crippen LogP contribution is 2.21. The highest BCUT2D eigenvalue weighted by atomic mass is 16.3. The van der Waals surface area contributed by atoms with E-state index in [0.717, 1.165) is 5.69 Å². The molecular formula is C16H24N2O2. The van der Waals surface area contributed by atoms with Crippen LogP contribution in [0.3, 0.4) is 0 Å². The second-order valence-electron chi connectivity index (χ2n) is 5.18. The quantitative estimate of drug-likeness (QED) is 0.779. The third-order valence-electron chi connectivity index (χ3n) is 3.18. The monoisotopic (exact) mass is 276 g/mol. The van der Waals surface area contributed by atoms with Crippen LogP contribution in [0, 0.1) is 6.92 Å². The lowest BCUT2D eigenvalue weighted by Crippen LogP contribution is -2.28. The molecule has 0 aromatic carbocycles. The van der Waals surface area contributed by atoms with E-state index in [1.54, 1.807) is 12.2 Å². The van der Waals surface area contributed by atoms with Crippen LogP contribution in [0.25, 0.3) is 0 Å². The van der Waals surface area contributed by atoms with E-state index in [0.29, 0.717) is 25.3 Å². The van der Waals surface area contributed by atoms with Crippen LogP contribution in [0.1, 0.15) is 31.3 Å². The molecule has 20 heavy (non-hydrogen) atoms. The van der Waals surface area contributed by atoms with Crippen molar-refractivity contribution in [3.8, 4) is 5.75 Å². The molecule has 0 aliphatic heterocycles. The SMILES string of the molecule is C=CCN(CC=C)Cc1c(O)c(=O)cc(C)n1C(C)C. The number of nitrogens with zero attached hydrogens (tertiary/aromatic N) is 2. The first-order valence-electron chi connectivity index (χ1n) is 6.80. The van der Waals surface area contributed by atoms with Gasteiger partial charge in [0.15, 0.2) is 5.75 Å². The molecule has 1 aromatic rings. The Morgan fingerprint density at radius 3 is 2.35 bits per heavy atom. The Morgan fingerprint density at radius 1 is 1.35 bits per heavy atom. The van der Waals surface area contributed by atoms with Crippen LogP contribution in [-0.4, -0.2) is 27.7 Å². The van der Waals surface area contributed by atoms with Crippen LogP contribution in [0.15, 0.2) is 36.2 Å². The average molecular weight is 276 g/mol. The van der Waals surface area contributed by atoms with Crippen LogP contribution in [0.5, 0.6) is 5.75 Å². The fourth-order valence-electron chi connectivity index (χ4n) is 2.45. The first kappa shape index (κ1) is 16.2. The summed E-state index contributed by atoms with van der Waals surface area (Å²) in [4.78, 5) is 13.9. The molecule has 1 rings (SSSR count). The van der Waals surface area contributed by atoms with Crippen molar-refractivity contribution in [1.29, 1.82) is 0 Å². The zero-order chi connectivity index (χ0) is 15.3. The van der Waals surface area contributed by atoms with Gasteiger partial charge in [-0.05, 0) is 20.8 Å². The van der Waals surface area contributed by atoms with Crippen LogP contribution >= 0.6 is 0 Å². The molecule has 0 bridgehead atoms. The molecule has 4 heteroatoms. The van der Waals surface area contributed by atoms with E-state index >= 15 is 0 Å². The molecule has 0 fully saturated rings. The Morgan fingerprint density at radius 2 is 1.90 bits per heavy atom. The van der Waals surface area contributed by atoms with Crippen molar-refractivity contribution < 1.29 is 5.11 Å². The first-order chi connectivity index (χ1) is 9.42. The summed E-state index contributed by atoms with van der Waals surface area (Å²) in [6.07, 6.45) is 3.60. The second-order valence-corrected chi connectivity index (χ2v) is 5.18. The Kier molecular flexibility index (Phi) is 5.77. The molecule has 0 atom stereocenters. The first-order valence-corrected chi connectivity index (χ1v) is 6.80. The van der Waals surface area contributed by atoms with Gasteiger partial charge in [-0.25, -0.2) is 0 Å². The minimum absolute atomic E-state index is 0.164. The van der Waals surface area contributed by atoms with E-state index in [4.69, 9.17) is 0 Å². The molecule has 110 valence electrons. The number of aryl methyl sites for hydroxylation is 1. The van der Waals surface area contributed by atoms with E-state index < -0.39 is 0 Å². The largest absolute Gasteiger partial charge is 0.503 e. The van der Waals surface area contributed by atoms with E-state index in [-0.39, 0.29) is 17.2 Å². The lowest BCUT2D eigenvalue weighted by molar-refractivity contribution is 0.302. The van der Waals surface area contributed by atoms with E-state index in [1.165, 1.54) is 6.07 Å². The van der Waals surface area contributed by atoms with Crippen LogP contribution in [-0.2, 0) is 6.54 Å².